The van der Waals surface area contributed by atoms with E-state index in [0.29, 0.717) is 20.5 Å². The summed E-state index contributed by atoms with van der Waals surface area (Å²) in [5.74, 6) is -0.602. The van der Waals surface area contributed by atoms with Gasteiger partial charge in [0.2, 0.25) is 10.0 Å². The second-order valence-corrected chi connectivity index (χ2v) is 10.9. The van der Waals surface area contributed by atoms with Crippen LogP contribution >= 0.6 is 11.3 Å². The Kier molecular flexibility index (Phi) is 6.35. The molecule has 1 aliphatic heterocycles. The van der Waals surface area contributed by atoms with Gasteiger partial charge >= 0.3 is 0 Å². The van der Waals surface area contributed by atoms with Crippen molar-refractivity contribution >= 4 is 37.4 Å². The fraction of sp³-hybridized carbons (Fsp3) is 0.348. The maximum atomic E-state index is 14.4. The van der Waals surface area contributed by atoms with Crippen LogP contribution in [0.25, 0.3) is 10.1 Å². The average molecular weight is 477 g/mol. The predicted octanol–water partition coefficient (Wildman–Crippen LogP) is 3.95. The molecule has 32 heavy (non-hydrogen) atoms. The highest BCUT2D eigenvalue weighted by Gasteiger charge is 2.32. The fourth-order valence-corrected chi connectivity index (χ4v) is 6.62. The molecular formula is C23H25FN2O4S2. The largest absolute Gasteiger partial charge is 0.380 e. The van der Waals surface area contributed by atoms with Gasteiger partial charge in [-0.25, -0.2) is 12.8 Å². The normalized spacial score (nSPS) is 15.4. The minimum Gasteiger partial charge on any atom is -0.380 e. The molecule has 0 aliphatic carbocycles. The Hall–Kier alpha value is -2.33. The van der Waals surface area contributed by atoms with Crippen molar-refractivity contribution in [1.82, 2.24) is 9.21 Å². The van der Waals surface area contributed by atoms with Crippen LogP contribution in [0.2, 0.25) is 0 Å². The second-order valence-electron chi connectivity index (χ2n) is 7.90. The molecule has 0 unspecified atom stereocenters. The van der Waals surface area contributed by atoms with Crippen LogP contribution in [0.4, 0.5) is 4.39 Å². The lowest BCUT2D eigenvalue weighted by Crippen LogP contribution is -2.50. The zero-order valence-corrected chi connectivity index (χ0v) is 19.9. The van der Waals surface area contributed by atoms with Gasteiger partial charge in [-0.1, -0.05) is 12.1 Å². The van der Waals surface area contributed by atoms with Crippen molar-refractivity contribution in [3.05, 3.63) is 63.8 Å². The standard InChI is InChI=1S/C23H25FN2O4S2/c1-15-7-8-17(13-16(15)2)32(28,29)26-11-9-25(10-12-26)23(27)22-18(14-30-3)21-19(24)5-4-6-20(21)31-22/h4-8,13H,9-12,14H2,1-3H3. The maximum Gasteiger partial charge on any atom is 0.264 e. The fourth-order valence-electron chi connectivity index (χ4n) is 3.92. The van der Waals surface area contributed by atoms with E-state index in [2.05, 4.69) is 0 Å². The minimum absolute atomic E-state index is 0.128. The number of amides is 1. The van der Waals surface area contributed by atoms with Crippen molar-refractivity contribution in [2.45, 2.75) is 25.3 Å². The first-order chi connectivity index (χ1) is 15.2. The Balaban J connectivity index is 1.55. The van der Waals surface area contributed by atoms with Gasteiger partial charge < -0.3 is 9.64 Å². The van der Waals surface area contributed by atoms with Crippen LogP contribution in [0.5, 0.6) is 0 Å². The number of aryl methyl sites for hydroxylation is 2. The summed E-state index contributed by atoms with van der Waals surface area (Å²) >= 11 is 1.24. The first-order valence-corrected chi connectivity index (χ1v) is 12.5. The number of piperazine rings is 1. The number of hydrogen-bond donors (Lipinski definition) is 0. The van der Waals surface area contributed by atoms with Crippen LogP contribution in [0, 0.1) is 19.7 Å². The van der Waals surface area contributed by atoms with Gasteiger partial charge in [0.05, 0.1) is 16.4 Å². The molecule has 0 saturated carbocycles. The third-order valence-corrected chi connectivity index (χ3v) is 8.97. The maximum absolute atomic E-state index is 14.4. The molecule has 0 spiro atoms. The van der Waals surface area contributed by atoms with Gasteiger partial charge in [-0.3, -0.25) is 4.79 Å². The van der Waals surface area contributed by atoms with Gasteiger partial charge in [0.25, 0.3) is 5.91 Å². The van der Waals surface area contributed by atoms with Gasteiger partial charge in [-0.2, -0.15) is 4.31 Å². The Labute approximate surface area is 191 Å². The molecule has 0 radical (unpaired) electrons. The highest BCUT2D eigenvalue weighted by molar-refractivity contribution is 7.89. The van der Waals surface area contributed by atoms with Crippen molar-refractivity contribution in [2.75, 3.05) is 33.3 Å². The lowest BCUT2D eigenvalue weighted by molar-refractivity contribution is 0.0699. The van der Waals surface area contributed by atoms with E-state index in [1.165, 1.54) is 28.8 Å². The lowest BCUT2D eigenvalue weighted by Gasteiger charge is -2.34. The number of benzene rings is 2. The molecule has 2 aromatic carbocycles. The van der Waals surface area contributed by atoms with E-state index in [4.69, 9.17) is 4.74 Å². The van der Waals surface area contributed by atoms with Crippen LogP contribution in [0.3, 0.4) is 0 Å². The molecule has 1 saturated heterocycles. The molecule has 3 aromatic rings. The van der Waals surface area contributed by atoms with E-state index in [9.17, 15) is 17.6 Å². The monoisotopic (exact) mass is 476 g/mol. The molecule has 1 aromatic heterocycles. The van der Waals surface area contributed by atoms with Gasteiger partial charge in [-0.15, -0.1) is 11.3 Å². The van der Waals surface area contributed by atoms with Crippen LogP contribution in [-0.4, -0.2) is 56.8 Å². The average Bonchev–Trinajstić information content (AvgIpc) is 3.15. The number of nitrogens with zero attached hydrogens (tertiary/aromatic N) is 2. The number of hydrogen-bond acceptors (Lipinski definition) is 5. The number of carbonyl (C=O) groups is 1. The summed E-state index contributed by atoms with van der Waals surface area (Å²) in [5, 5.41) is 0.415. The Bertz CT molecular complexity index is 1280. The molecule has 0 bridgehead atoms. The Morgan fingerprint density at radius 1 is 1.09 bits per heavy atom. The van der Waals surface area contributed by atoms with Gasteiger partial charge in [0.15, 0.2) is 0 Å². The zero-order valence-electron chi connectivity index (χ0n) is 18.2. The van der Waals surface area contributed by atoms with E-state index >= 15 is 0 Å². The lowest BCUT2D eigenvalue weighted by atomic mass is 10.1. The highest BCUT2D eigenvalue weighted by atomic mass is 32.2. The summed E-state index contributed by atoms with van der Waals surface area (Å²) in [5.41, 5.74) is 2.49. The topological polar surface area (TPSA) is 66.9 Å². The van der Waals surface area contributed by atoms with E-state index < -0.39 is 10.0 Å². The van der Waals surface area contributed by atoms with Crippen LogP contribution in [0.1, 0.15) is 26.4 Å². The van der Waals surface area contributed by atoms with Gasteiger partial charge in [-0.05, 0) is 49.2 Å². The summed E-state index contributed by atoms with van der Waals surface area (Å²) in [6.45, 7) is 4.91. The first-order valence-electron chi connectivity index (χ1n) is 10.3. The molecule has 0 atom stereocenters. The molecule has 1 fully saturated rings. The number of rotatable bonds is 5. The highest BCUT2D eigenvalue weighted by Crippen LogP contribution is 2.35. The summed E-state index contributed by atoms with van der Waals surface area (Å²) in [4.78, 5) is 15.6. The molecule has 4 rings (SSSR count). The molecular weight excluding hydrogens is 451 g/mol. The zero-order chi connectivity index (χ0) is 23.0. The Morgan fingerprint density at radius 2 is 1.81 bits per heavy atom. The van der Waals surface area contributed by atoms with Crippen molar-refractivity contribution in [3.63, 3.8) is 0 Å². The third-order valence-electron chi connectivity index (χ3n) is 5.89. The van der Waals surface area contributed by atoms with Crippen molar-refractivity contribution in [2.24, 2.45) is 0 Å². The summed E-state index contributed by atoms with van der Waals surface area (Å²) < 4.78 is 47.9. The third kappa shape index (κ3) is 4.05. The van der Waals surface area contributed by atoms with Crippen LogP contribution in [0.15, 0.2) is 41.3 Å². The number of halogens is 1. The predicted molar refractivity (Wildman–Crippen MR) is 123 cm³/mol. The summed E-state index contributed by atoms with van der Waals surface area (Å²) in [6.07, 6.45) is 0. The van der Waals surface area contributed by atoms with E-state index in [1.54, 1.807) is 35.2 Å². The minimum atomic E-state index is -3.63. The van der Waals surface area contributed by atoms with Crippen molar-refractivity contribution in [1.29, 1.82) is 0 Å². The van der Waals surface area contributed by atoms with E-state index in [0.717, 1.165) is 11.1 Å². The molecule has 2 heterocycles. The quantitative estimate of drug-likeness (QED) is 0.559. The molecule has 0 N–H and O–H groups in total. The number of ether oxygens (including phenoxy) is 1. The second kappa shape index (κ2) is 8.90. The number of methoxy groups -OCH3 is 1. The van der Waals surface area contributed by atoms with E-state index in [1.807, 2.05) is 13.8 Å². The summed E-state index contributed by atoms with van der Waals surface area (Å²) in [6, 6.07) is 9.89. The van der Waals surface area contributed by atoms with E-state index in [-0.39, 0.29) is 49.4 Å². The number of fused-ring (bicyclic) bond motifs is 1. The first kappa shape index (κ1) is 22.8. The van der Waals surface area contributed by atoms with Crippen LogP contribution in [-0.2, 0) is 21.4 Å². The number of thiophene rings is 1. The molecule has 6 nitrogen and oxygen atoms in total. The SMILES string of the molecule is COCc1c(C(=O)N2CCN(S(=O)(=O)c3ccc(C)c(C)c3)CC2)sc2cccc(F)c12. The molecule has 1 amide bonds. The van der Waals surface area contributed by atoms with Crippen molar-refractivity contribution < 1.29 is 22.3 Å². The molecule has 170 valence electrons. The van der Waals surface area contributed by atoms with Crippen LogP contribution < -0.4 is 0 Å². The number of sulfonamides is 1. The molecule has 1 aliphatic rings. The number of carbonyl (C=O) groups excluding carboxylic acids is 1. The van der Waals surface area contributed by atoms with Gasteiger partial charge in [0.1, 0.15) is 5.82 Å². The smallest absolute Gasteiger partial charge is 0.264 e. The Morgan fingerprint density at radius 3 is 2.47 bits per heavy atom. The summed E-state index contributed by atoms with van der Waals surface area (Å²) in [7, 11) is -2.12. The molecule has 9 heteroatoms. The van der Waals surface area contributed by atoms with Crippen molar-refractivity contribution in [3.8, 4) is 0 Å². The van der Waals surface area contributed by atoms with Gasteiger partial charge in [0, 0.05) is 48.9 Å².